The lowest BCUT2D eigenvalue weighted by Gasteiger charge is -2.22. The van der Waals surface area contributed by atoms with Crippen molar-refractivity contribution in [3.63, 3.8) is 0 Å². The zero-order valence-electron chi connectivity index (χ0n) is 16.1. The molecule has 2 amide bonds. The van der Waals surface area contributed by atoms with Crippen molar-refractivity contribution in [1.29, 1.82) is 0 Å². The van der Waals surface area contributed by atoms with Crippen molar-refractivity contribution in [3.05, 3.63) is 23.8 Å². The smallest absolute Gasteiger partial charge is 0.222 e. The highest BCUT2D eigenvalue weighted by Crippen LogP contribution is 2.28. The van der Waals surface area contributed by atoms with Crippen LogP contribution in [0.5, 0.6) is 11.5 Å². The maximum atomic E-state index is 12.6. The number of hydrogen-bond donors (Lipinski definition) is 0. The largest absolute Gasteiger partial charge is 0.493 e. The van der Waals surface area contributed by atoms with Gasteiger partial charge in [-0.15, -0.1) is 0 Å². The van der Waals surface area contributed by atoms with Gasteiger partial charge in [-0.1, -0.05) is 13.0 Å². The third kappa shape index (κ3) is 5.38. The number of benzene rings is 1. The number of nitrogens with zero attached hydrogens (tertiary/aromatic N) is 2. The molecule has 0 saturated carbocycles. The van der Waals surface area contributed by atoms with Crippen molar-refractivity contribution in [1.82, 2.24) is 9.80 Å². The Kier molecular flexibility index (Phi) is 7.75. The lowest BCUT2D eigenvalue weighted by Crippen LogP contribution is -2.37. The summed E-state index contributed by atoms with van der Waals surface area (Å²) in [5.41, 5.74) is 1.05. The third-order valence-electron chi connectivity index (χ3n) is 4.74. The second-order valence-corrected chi connectivity index (χ2v) is 6.55. The van der Waals surface area contributed by atoms with Crippen LogP contribution in [0.15, 0.2) is 18.2 Å². The van der Waals surface area contributed by atoms with Crippen LogP contribution in [0.3, 0.4) is 0 Å². The van der Waals surface area contributed by atoms with Crippen molar-refractivity contribution in [2.45, 2.75) is 39.0 Å². The van der Waals surface area contributed by atoms with Crippen LogP contribution in [-0.4, -0.2) is 62.0 Å². The summed E-state index contributed by atoms with van der Waals surface area (Å²) in [5.74, 6) is 1.71. The average Bonchev–Trinajstić information content (AvgIpc) is 2.92. The van der Waals surface area contributed by atoms with E-state index >= 15 is 0 Å². The molecule has 0 aliphatic carbocycles. The third-order valence-corrected chi connectivity index (χ3v) is 4.74. The van der Waals surface area contributed by atoms with E-state index in [4.69, 9.17) is 9.47 Å². The average molecular weight is 362 g/mol. The molecule has 144 valence electrons. The van der Waals surface area contributed by atoms with Gasteiger partial charge in [0.05, 0.1) is 14.2 Å². The molecule has 1 aromatic rings. The van der Waals surface area contributed by atoms with Gasteiger partial charge >= 0.3 is 0 Å². The van der Waals surface area contributed by atoms with Gasteiger partial charge < -0.3 is 19.3 Å². The van der Waals surface area contributed by atoms with Crippen LogP contribution < -0.4 is 9.47 Å². The van der Waals surface area contributed by atoms with E-state index in [1.807, 2.05) is 34.9 Å². The van der Waals surface area contributed by atoms with Gasteiger partial charge in [0.15, 0.2) is 11.5 Å². The lowest BCUT2D eigenvalue weighted by molar-refractivity contribution is -0.133. The Labute approximate surface area is 156 Å². The fourth-order valence-electron chi connectivity index (χ4n) is 3.23. The Bertz CT molecular complexity index is 618. The van der Waals surface area contributed by atoms with E-state index in [9.17, 15) is 9.59 Å². The molecule has 0 aromatic heterocycles. The molecule has 1 fully saturated rings. The van der Waals surface area contributed by atoms with E-state index in [2.05, 4.69) is 0 Å². The van der Waals surface area contributed by atoms with Crippen LogP contribution in [0.4, 0.5) is 0 Å². The van der Waals surface area contributed by atoms with E-state index < -0.39 is 0 Å². The minimum atomic E-state index is 0.143. The molecular formula is C20H30N2O4. The van der Waals surface area contributed by atoms with Crippen LogP contribution in [0, 0.1) is 0 Å². The molecule has 1 heterocycles. The van der Waals surface area contributed by atoms with Gasteiger partial charge in [-0.05, 0) is 37.0 Å². The molecule has 1 aromatic carbocycles. The van der Waals surface area contributed by atoms with Crippen molar-refractivity contribution in [3.8, 4) is 11.5 Å². The number of hydrogen-bond acceptors (Lipinski definition) is 4. The summed E-state index contributed by atoms with van der Waals surface area (Å²) in [4.78, 5) is 28.4. The van der Waals surface area contributed by atoms with Crippen LogP contribution >= 0.6 is 0 Å². The van der Waals surface area contributed by atoms with Gasteiger partial charge in [0.2, 0.25) is 11.8 Å². The van der Waals surface area contributed by atoms with Crippen LogP contribution in [0.25, 0.3) is 0 Å². The molecule has 0 radical (unpaired) electrons. The molecule has 1 aliphatic rings. The summed E-state index contributed by atoms with van der Waals surface area (Å²) in [6, 6.07) is 5.74. The number of carbonyl (C=O) groups is 2. The van der Waals surface area contributed by atoms with Gasteiger partial charge in [-0.2, -0.15) is 0 Å². The first-order valence-corrected chi connectivity index (χ1v) is 9.35. The fraction of sp³-hybridized carbons (Fsp3) is 0.600. The Balaban J connectivity index is 1.87. The van der Waals surface area contributed by atoms with Gasteiger partial charge in [0, 0.05) is 39.0 Å². The highest BCUT2D eigenvalue weighted by atomic mass is 16.5. The summed E-state index contributed by atoms with van der Waals surface area (Å²) < 4.78 is 10.6. The lowest BCUT2D eigenvalue weighted by atomic mass is 10.1. The molecule has 0 bridgehead atoms. The quantitative estimate of drug-likeness (QED) is 0.748. The van der Waals surface area contributed by atoms with Gasteiger partial charge in [-0.25, -0.2) is 0 Å². The standard InChI is InChI=1S/C20H30N2O4/c1-4-6-19(23)21-11-5-12-22(14-13-21)20(24)10-8-16-7-9-17(25-2)18(15-16)26-3/h7,9,15H,4-6,8,10-14H2,1-3H3. The summed E-state index contributed by atoms with van der Waals surface area (Å²) in [5, 5.41) is 0. The minimum absolute atomic E-state index is 0.143. The summed E-state index contributed by atoms with van der Waals surface area (Å²) in [7, 11) is 3.21. The Hall–Kier alpha value is -2.24. The Morgan fingerprint density at radius 2 is 1.54 bits per heavy atom. The summed E-state index contributed by atoms with van der Waals surface area (Å²) in [6.07, 6.45) is 3.42. The zero-order chi connectivity index (χ0) is 18.9. The molecule has 0 atom stereocenters. The maximum absolute atomic E-state index is 12.6. The normalized spacial score (nSPS) is 14.7. The Morgan fingerprint density at radius 3 is 2.12 bits per heavy atom. The Morgan fingerprint density at radius 1 is 0.923 bits per heavy atom. The number of carbonyl (C=O) groups excluding carboxylic acids is 2. The van der Waals surface area contributed by atoms with E-state index in [0.717, 1.165) is 31.5 Å². The van der Waals surface area contributed by atoms with Gasteiger partial charge in [0.25, 0.3) is 0 Å². The van der Waals surface area contributed by atoms with Crippen LogP contribution in [0.2, 0.25) is 0 Å². The second kappa shape index (κ2) is 10.0. The number of methoxy groups -OCH3 is 2. The minimum Gasteiger partial charge on any atom is -0.493 e. The highest BCUT2D eigenvalue weighted by Gasteiger charge is 2.21. The van der Waals surface area contributed by atoms with Crippen LogP contribution in [-0.2, 0) is 16.0 Å². The van der Waals surface area contributed by atoms with Crippen molar-refractivity contribution >= 4 is 11.8 Å². The van der Waals surface area contributed by atoms with Gasteiger partial charge in [-0.3, -0.25) is 9.59 Å². The van der Waals surface area contributed by atoms with E-state index in [1.165, 1.54) is 0 Å². The van der Waals surface area contributed by atoms with E-state index in [1.54, 1.807) is 14.2 Å². The molecule has 0 spiro atoms. The first-order valence-electron chi connectivity index (χ1n) is 9.35. The molecule has 6 heteroatoms. The summed E-state index contributed by atoms with van der Waals surface area (Å²) in [6.45, 7) is 4.75. The van der Waals surface area contributed by atoms with Crippen LogP contribution in [0.1, 0.15) is 38.2 Å². The predicted molar refractivity (Wildman–Crippen MR) is 101 cm³/mol. The first-order chi connectivity index (χ1) is 12.6. The SMILES string of the molecule is CCCC(=O)N1CCCN(C(=O)CCc2ccc(OC)c(OC)c2)CC1. The fourth-order valence-corrected chi connectivity index (χ4v) is 3.23. The topological polar surface area (TPSA) is 59.1 Å². The monoisotopic (exact) mass is 362 g/mol. The van der Waals surface area contributed by atoms with Gasteiger partial charge in [0.1, 0.15) is 0 Å². The molecule has 26 heavy (non-hydrogen) atoms. The molecular weight excluding hydrogens is 332 g/mol. The molecule has 6 nitrogen and oxygen atoms in total. The molecule has 0 unspecified atom stereocenters. The summed E-state index contributed by atoms with van der Waals surface area (Å²) >= 11 is 0. The molecule has 0 N–H and O–H groups in total. The molecule has 2 rings (SSSR count). The molecule has 1 aliphatic heterocycles. The highest BCUT2D eigenvalue weighted by molar-refractivity contribution is 5.78. The number of rotatable bonds is 7. The van der Waals surface area contributed by atoms with Crippen molar-refractivity contribution < 1.29 is 19.1 Å². The first kappa shape index (κ1) is 20.1. The number of aryl methyl sites for hydroxylation is 1. The van der Waals surface area contributed by atoms with E-state index in [-0.39, 0.29) is 11.8 Å². The zero-order valence-corrected chi connectivity index (χ0v) is 16.1. The van der Waals surface area contributed by atoms with E-state index in [0.29, 0.717) is 43.9 Å². The number of ether oxygens (including phenoxy) is 2. The molecule has 1 saturated heterocycles. The number of amides is 2. The van der Waals surface area contributed by atoms with Crippen molar-refractivity contribution in [2.75, 3.05) is 40.4 Å². The predicted octanol–water partition coefficient (Wildman–Crippen LogP) is 2.50. The van der Waals surface area contributed by atoms with Crippen molar-refractivity contribution in [2.24, 2.45) is 0 Å². The second-order valence-electron chi connectivity index (χ2n) is 6.55. The maximum Gasteiger partial charge on any atom is 0.222 e.